The van der Waals surface area contributed by atoms with Crippen LogP contribution in [0, 0.1) is 18.6 Å². The smallest absolute Gasteiger partial charge is 0.255 e. The first-order valence-corrected chi connectivity index (χ1v) is 10.00. The van der Waals surface area contributed by atoms with Gasteiger partial charge in [0, 0.05) is 22.9 Å². The van der Waals surface area contributed by atoms with Crippen molar-refractivity contribution in [2.45, 2.75) is 6.92 Å². The van der Waals surface area contributed by atoms with Crippen LogP contribution in [0.15, 0.2) is 75.9 Å². The molecule has 0 aliphatic rings. The Bertz CT molecular complexity index is 1430. The van der Waals surface area contributed by atoms with Gasteiger partial charge in [-0.1, -0.05) is 36.4 Å². The Hall–Kier alpha value is -4.33. The van der Waals surface area contributed by atoms with E-state index < -0.39 is 30.0 Å². The second-order valence-electron chi connectivity index (χ2n) is 7.29. The fraction of sp³-hybridized carbons (Fsp3) is 0.0800. The molecule has 1 aromatic heterocycles. The molecule has 1 heterocycles. The third kappa shape index (κ3) is 4.50. The van der Waals surface area contributed by atoms with E-state index in [4.69, 9.17) is 4.42 Å². The molecule has 0 saturated heterocycles. The van der Waals surface area contributed by atoms with Gasteiger partial charge in [-0.15, -0.1) is 0 Å². The van der Waals surface area contributed by atoms with Crippen molar-refractivity contribution in [3.05, 3.63) is 99.7 Å². The van der Waals surface area contributed by atoms with Crippen LogP contribution < -0.4 is 16.1 Å². The van der Waals surface area contributed by atoms with Crippen LogP contribution in [0.4, 0.5) is 14.5 Å². The molecule has 166 valence electrons. The Balaban J connectivity index is 1.59. The van der Waals surface area contributed by atoms with Gasteiger partial charge in [0.2, 0.25) is 5.91 Å². The second-order valence-corrected chi connectivity index (χ2v) is 7.29. The monoisotopic (exact) mass is 448 g/mol. The van der Waals surface area contributed by atoms with Crippen LogP contribution in [0.5, 0.6) is 0 Å². The number of hydrogen-bond acceptors (Lipinski definition) is 4. The fourth-order valence-electron chi connectivity index (χ4n) is 3.39. The summed E-state index contributed by atoms with van der Waals surface area (Å²) in [5.74, 6) is -3.07. The quantitative estimate of drug-likeness (QED) is 0.473. The maximum atomic E-state index is 13.3. The lowest BCUT2D eigenvalue weighted by molar-refractivity contribution is -0.115. The van der Waals surface area contributed by atoms with Gasteiger partial charge >= 0.3 is 0 Å². The average Bonchev–Trinajstić information content (AvgIpc) is 2.82. The Labute approximate surface area is 186 Å². The molecule has 4 aromatic rings. The normalized spacial score (nSPS) is 10.8. The van der Waals surface area contributed by atoms with Crippen molar-refractivity contribution < 1.29 is 22.8 Å². The number of para-hydroxylation sites is 1. The molecule has 0 spiro atoms. The Kier molecular flexibility index (Phi) is 5.99. The minimum atomic E-state index is -1.10. The predicted octanol–water partition coefficient (Wildman–Crippen LogP) is 4.42. The van der Waals surface area contributed by atoms with Crippen LogP contribution in [0.25, 0.3) is 22.3 Å². The van der Waals surface area contributed by atoms with Crippen molar-refractivity contribution in [3.8, 4) is 11.3 Å². The summed E-state index contributed by atoms with van der Waals surface area (Å²) in [5.41, 5.74) is 1.08. The van der Waals surface area contributed by atoms with Gasteiger partial charge in [0.15, 0.2) is 22.6 Å². The zero-order valence-corrected chi connectivity index (χ0v) is 17.4. The van der Waals surface area contributed by atoms with Gasteiger partial charge in [0.05, 0.1) is 17.5 Å². The zero-order valence-electron chi connectivity index (χ0n) is 17.4. The fourth-order valence-corrected chi connectivity index (χ4v) is 3.39. The highest BCUT2D eigenvalue weighted by molar-refractivity contribution is 6.06. The molecular weight excluding hydrogens is 430 g/mol. The number of fused-ring (bicyclic) bond motifs is 1. The number of rotatable bonds is 5. The third-order valence-electron chi connectivity index (χ3n) is 5.04. The average molecular weight is 448 g/mol. The summed E-state index contributed by atoms with van der Waals surface area (Å²) >= 11 is 0. The molecule has 0 atom stereocenters. The molecule has 0 saturated carbocycles. The van der Waals surface area contributed by atoms with Gasteiger partial charge in [-0.3, -0.25) is 14.4 Å². The van der Waals surface area contributed by atoms with Gasteiger partial charge in [0.25, 0.3) is 5.91 Å². The number of nitrogens with one attached hydrogen (secondary N) is 2. The molecule has 2 N–H and O–H groups in total. The molecule has 4 rings (SSSR count). The minimum absolute atomic E-state index is 0.0484. The van der Waals surface area contributed by atoms with Crippen molar-refractivity contribution in [1.29, 1.82) is 0 Å². The summed E-state index contributed by atoms with van der Waals surface area (Å²) < 4.78 is 32.3. The highest BCUT2D eigenvalue weighted by Gasteiger charge is 2.19. The predicted molar refractivity (Wildman–Crippen MR) is 120 cm³/mol. The van der Waals surface area contributed by atoms with Crippen molar-refractivity contribution in [2.24, 2.45) is 0 Å². The second kappa shape index (κ2) is 9.04. The maximum Gasteiger partial charge on any atom is 0.255 e. The molecule has 6 nitrogen and oxygen atoms in total. The molecule has 0 aliphatic heterocycles. The van der Waals surface area contributed by atoms with E-state index in [2.05, 4.69) is 10.6 Å². The summed E-state index contributed by atoms with van der Waals surface area (Å²) in [6, 6.07) is 16.6. The zero-order chi connectivity index (χ0) is 23.5. The van der Waals surface area contributed by atoms with Gasteiger partial charge in [-0.05, 0) is 31.2 Å². The lowest BCUT2D eigenvalue weighted by Gasteiger charge is -2.11. The molecule has 0 radical (unpaired) electrons. The van der Waals surface area contributed by atoms with Gasteiger partial charge < -0.3 is 15.1 Å². The lowest BCUT2D eigenvalue weighted by Crippen LogP contribution is -2.33. The SMILES string of the molecule is Cc1c(-c2ccccc2)oc2c(C(=O)NCC(=O)Nc3ccc(F)c(F)c3)cccc2c1=O. The molecule has 3 aromatic carbocycles. The van der Waals surface area contributed by atoms with Crippen LogP contribution in [0.2, 0.25) is 0 Å². The molecule has 0 aliphatic carbocycles. The van der Waals surface area contributed by atoms with Crippen LogP contribution in [-0.2, 0) is 4.79 Å². The Morgan fingerprint density at radius 3 is 2.42 bits per heavy atom. The number of halogens is 2. The first-order chi connectivity index (χ1) is 15.8. The topological polar surface area (TPSA) is 88.4 Å². The summed E-state index contributed by atoms with van der Waals surface area (Å²) in [6.07, 6.45) is 0. The number of benzene rings is 3. The molecule has 8 heteroatoms. The Morgan fingerprint density at radius 2 is 1.70 bits per heavy atom. The van der Waals surface area contributed by atoms with E-state index in [9.17, 15) is 23.2 Å². The third-order valence-corrected chi connectivity index (χ3v) is 5.04. The van der Waals surface area contributed by atoms with E-state index in [0.29, 0.717) is 16.9 Å². The van der Waals surface area contributed by atoms with Gasteiger partial charge in [-0.25, -0.2) is 8.78 Å². The van der Waals surface area contributed by atoms with Crippen molar-refractivity contribution in [1.82, 2.24) is 5.32 Å². The van der Waals surface area contributed by atoms with Gasteiger partial charge in [-0.2, -0.15) is 0 Å². The van der Waals surface area contributed by atoms with E-state index in [1.807, 2.05) is 18.2 Å². The molecule has 0 bridgehead atoms. The molecule has 0 unspecified atom stereocenters. The number of hydrogen-bond donors (Lipinski definition) is 2. The highest BCUT2D eigenvalue weighted by Crippen LogP contribution is 2.27. The van der Waals surface area contributed by atoms with E-state index in [1.54, 1.807) is 31.2 Å². The summed E-state index contributed by atoms with van der Waals surface area (Å²) in [7, 11) is 0. The lowest BCUT2D eigenvalue weighted by atomic mass is 10.0. The number of carbonyl (C=O) groups excluding carboxylic acids is 2. The standard InChI is InChI=1S/C25H18F2N2O4/c1-14-22(31)17-8-5-9-18(24(17)33-23(14)15-6-3-2-4-7-15)25(32)28-13-21(30)29-16-10-11-19(26)20(27)12-16/h2-12H,13H2,1H3,(H,28,32)(H,29,30). The molecule has 33 heavy (non-hydrogen) atoms. The van der Waals surface area contributed by atoms with E-state index >= 15 is 0 Å². The Morgan fingerprint density at radius 1 is 0.939 bits per heavy atom. The molecular formula is C25H18F2N2O4. The van der Waals surface area contributed by atoms with Crippen LogP contribution in [0.3, 0.4) is 0 Å². The number of amides is 2. The van der Waals surface area contributed by atoms with Crippen LogP contribution in [0.1, 0.15) is 15.9 Å². The van der Waals surface area contributed by atoms with E-state index in [0.717, 1.165) is 12.1 Å². The first-order valence-electron chi connectivity index (χ1n) is 10.00. The largest absolute Gasteiger partial charge is 0.455 e. The van der Waals surface area contributed by atoms with Crippen LogP contribution >= 0.6 is 0 Å². The summed E-state index contributed by atoms with van der Waals surface area (Å²) in [6.45, 7) is 1.22. The minimum Gasteiger partial charge on any atom is -0.455 e. The summed E-state index contributed by atoms with van der Waals surface area (Å²) in [4.78, 5) is 37.8. The highest BCUT2D eigenvalue weighted by atomic mass is 19.2. The number of carbonyl (C=O) groups is 2. The van der Waals surface area contributed by atoms with Crippen molar-refractivity contribution in [3.63, 3.8) is 0 Å². The van der Waals surface area contributed by atoms with Crippen molar-refractivity contribution >= 4 is 28.5 Å². The first kappa shape index (κ1) is 21.9. The van der Waals surface area contributed by atoms with E-state index in [1.165, 1.54) is 12.1 Å². The maximum absolute atomic E-state index is 13.3. The van der Waals surface area contributed by atoms with E-state index in [-0.39, 0.29) is 27.6 Å². The molecule has 2 amide bonds. The summed E-state index contributed by atoms with van der Waals surface area (Å²) in [5, 5.41) is 5.06. The molecule has 0 fully saturated rings. The van der Waals surface area contributed by atoms with Gasteiger partial charge in [0.1, 0.15) is 5.76 Å². The van der Waals surface area contributed by atoms with Crippen LogP contribution in [-0.4, -0.2) is 18.4 Å². The number of anilines is 1. The van der Waals surface area contributed by atoms with Crippen molar-refractivity contribution in [2.75, 3.05) is 11.9 Å².